The van der Waals surface area contributed by atoms with Gasteiger partial charge in [0.05, 0.1) is 20.5 Å². The van der Waals surface area contributed by atoms with E-state index in [9.17, 15) is 4.79 Å². The van der Waals surface area contributed by atoms with Gasteiger partial charge in [0, 0.05) is 6.20 Å². The summed E-state index contributed by atoms with van der Waals surface area (Å²) in [7, 11) is 0. The number of rotatable bonds is 2. The molecular weight excluding hydrogens is 278 g/mol. The zero-order chi connectivity index (χ0) is 10.8. The van der Waals surface area contributed by atoms with Crippen molar-refractivity contribution >= 4 is 38.9 Å². The molecule has 15 heavy (non-hydrogen) atoms. The van der Waals surface area contributed by atoms with E-state index in [0.29, 0.717) is 10.6 Å². The molecule has 6 heteroatoms. The average Bonchev–Trinajstić information content (AvgIpc) is 2.78. The van der Waals surface area contributed by atoms with Crippen LogP contribution in [0.5, 0.6) is 0 Å². The predicted octanol–water partition coefficient (Wildman–Crippen LogP) is 2.79. The second-order valence-corrected chi connectivity index (χ2v) is 5.38. The van der Waals surface area contributed by atoms with Gasteiger partial charge in [-0.2, -0.15) is 5.10 Å². The summed E-state index contributed by atoms with van der Waals surface area (Å²) in [5.41, 5.74) is 1.74. The molecule has 0 fully saturated rings. The number of aromatic nitrogens is 2. The number of hydrogen-bond donors (Lipinski definition) is 2. The summed E-state index contributed by atoms with van der Waals surface area (Å²) < 4.78 is 0.986. The number of carbonyl (C=O) groups excluding carboxylic acids is 1. The highest BCUT2D eigenvalue weighted by Gasteiger charge is 2.11. The van der Waals surface area contributed by atoms with Gasteiger partial charge in [0.25, 0.3) is 5.91 Å². The maximum Gasteiger partial charge on any atom is 0.265 e. The van der Waals surface area contributed by atoms with Crippen molar-refractivity contribution in [3.05, 3.63) is 32.7 Å². The minimum absolute atomic E-state index is 0.116. The Labute approximate surface area is 98.8 Å². The van der Waals surface area contributed by atoms with Crippen LogP contribution in [0.25, 0.3) is 0 Å². The van der Waals surface area contributed by atoms with Gasteiger partial charge in [0.2, 0.25) is 0 Å². The van der Waals surface area contributed by atoms with Crippen molar-refractivity contribution in [2.75, 3.05) is 5.32 Å². The fraction of sp³-hybridized carbons (Fsp3) is 0.111. The maximum absolute atomic E-state index is 11.7. The lowest BCUT2D eigenvalue weighted by Crippen LogP contribution is -2.09. The maximum atomic E-state index is 11.7. The van der Waals surface area contributed by atoms with Crippen LogP contribution in [-0.4, -0.2) is 16.1 Å². The highest BCUT2D eigenvalue weighted by molar-refractivity contribution is 9.11. The van der Waals surface area contributed by atoms with Crippen LogP contribution in [0.4, 0.5) is 5.69 Å². The van der Waals surface area contributed by atoms with Gasteiger partial charge < -0.3 is 5.32 Å². The van der Waals surface area contributed by atoms with E-state index in [1.165, 1.54) is 11.3 Å². The Morgan fingerprint density at radius 2 is 2.47 bits per heavy atom. The lowest BCUT2D eigenvalue weighted by atomic mass is 10.3. The van der Waals surface area contributed by atoms with E-state index in [2.05, 4.69) is 31.4 Å². The van der Waals surface area contributed by atoms with Gasteiger partial charge in [0.15, 0.2) is 0 Å². The normalized spacial score (nSPS) is 10.3. The third-order valence-corrected chi connectivity index (χ3v) is 3.97. The Morgan fingerprint density at radius 3 is 3.00 bits per heavy atom. The van der Waals surface area contributed by atoms with Crippen molar-refractivity contribution in [2.24, 2.45) is 0 Å². The summed E-state index contributed by atoms with van der Waals surface area (Å²) >= 11 is 4.80. The Morgan fingerprint density at radius 1 is 1.67 bits per heavy atom. The summed E-state index contributed by atoms with van der Waals surface area (Å²) in [6.45, 7) is 1.95. The fourth-order valence-electron chi connectivity index (χ4n) is 1.08. The smallest absolute Gasteiger partial charge is 0.265 e. The summed E-state index contributed by atoms with van der Waals surface area (Å²) in [5.74, 6) is -0.116. The van der Waals surface area contributed by atoms with Gasteiger partial charge in [-0.15, -0.1) is 11.3 Å². The first-order chi connectivity index (χ1) is 7.16. The topological polar surface area (TPSA) is 57.8 Å². The highest BCUT2D eigenvalue weighted by atomic mass is 79.9. The van der Waals surface area contributed by atoms with Crippen molar-refractivity contribution in [1.82, 2.24) is 10.2 Å². The Bertz CT molecular complexity index is 458. The Kier molecular flexibility index (Phi) is 2.88. The second kappa shape index (κ2) is 4.16. The van der Waals surface area contributed by atoms with Crippen molar-refractivity contribution < 1.29 is 4.79 Å². The number of aryl methyl sites for hydroxylation is 1. The van der Waals surface area contributed by atoms with Crippen LogP contribution in [-0.2, 0) is 0 Å². The van der Waals surface area contributed by atoms with E-state index in [4.69, 9.17) is 0 Å². The molecule has 2 aromatic heterocycles. The molecule has 0 spiro atoms. The third kappa shape index (κ3) is 2.27. The van der Waals surface area contributed by atoms with E-state index in [1.54, 1.807) is 12.4 Å². The van der Waals surface area contributed by atoms with E-state index < -0.39 is 0 Å². The van der Waals surface area contributed by atoms with Gasteiger partial charge in [-0.1, -0.05) is 0 Å². The van der Waals surface area contributed by atoms with Crippen LogP contribution < -0.4 is 5.32 Å². The molecule has 0 saturated carbocycles. The number of thiophene rings is 1. The molecule has 0 unspecified atom stereocenters. The van der Waals surface area contributed by atoms with Crippen LogP contribution in [0.3, 0.4) is 0 Å². The minimum atomic E-state index is -0.116. The molecule has 2 rings (SSSR count). The summed E-state index contributed by atoms with van der Waals surface area (Å²) in [5, 5.41) is 9.11. The van der Waals surface area contributed by atoms with E-state index in [1.807, 2.05) is 13.0 Å². The molecule has 0 aliphatic rings. The molecule has 0 aromatic carbocycles. The van der Waals surface area contributed by atoms with Crippen molar-refractivity contribution in [1.29, 1.82) is 0 Å². The monoisotopic (exact) mass is 285 g/mol. The van der Waals surface area contributed by atoms with E-state index in [0.717, 1.165) is 9.35 Å². The zero-order valence-corrected chi connectivity index (χ0v) is 10.3. The first kappa shape index (κ1) is 10.4. The van der Waals surface area contributed by atoms with Crippen molar-refractivity contribution in [3.8, 4) is 0 Å². The average molecular weight is 286 g/mol. The molecule has 0 atom stereocenters. The van der Waals surface area contributed by atoms with Crippen LogP contribution in [0.2, 0.25) is 0 Å². The number of carbonyl (C=O) groups is 1. The Hall–Kier alpha value is -1.14. The van der Waals surface area contributed by atoms with Gasteiger partial charge in [-0.3, -0.25) is 9.89 Å². The molecule has 0 saturated heterocycles. The van der Waals surface area contributed by atoms with Crippen LogP contribution in [0.1, 0.15) is 15.2 Å². The van der Waals surface area contributed by atoms with Gasteiger partial charge >= 0.3 is 0 Å². The van der Waals surface area contributed by atoms with E-state index >= 15 is 0 Å². The first-order valence-corrected chi connectivity index (χ1v) is 5.84. The largest absolute Gasteiger partial charge is 0.319 e. The Balaban J connectivity index is 2.15. The van der Waals surface area contributed by atoms with Gasteiger partial charge in [-0.05, 0) is 34.5 Å². The molecule has 0 bridgehead atoms. The first-order valence-electron chi connectivity index (χ1n) is 4.23. The molecule has 0 aliphatic carbocycles. The molecule has 1 amide bonds. The molecule has 2 aromatic rings. The number of amides is 1. The highest BCUT2D eigenvalue weighted by Crippen LogP contribution is 2.27. The summed E-state index contributed by atoms with van der Waals surface area (Å²) in [4.78, 5) is 12.4. The number of H-pyrrole nitrogens is 1. The SMILES string of the molecule is Cc1cc(C(=O)Nc2cn[nH]c2)sc1Br. The number of hydrogen-bond acceptors (Lipinski definition) is 3. The number of anilines is 1. The predicted molar refractivity (Wildman–Crippen MR) is 63.3 cm³/mol. The quantitative estimate of drug-likeness (QED) is 0.891. The van der Waals surface area contributed by atoms with Crippen LogP contribution in [0, 0.1) is 6.92 Å². The molecule has 0 radical (unpaired) electrons. The standard InChI is InChI=1S/C9H8BrN3OS/c1-5-2-7(15-8(5)10)9(14)13-6-3-11-12-4-6/h2-4H,1H3,(H,11,12)(H,13,14). The lowest BCUT2D eigenvalue weighted by molar-refractivity contribution is 0.103. The van der Waals surface area contributed by atoms with E-state index in [-0.39, 0.29) is 5.91 Å². The van der Waals surface area contributed by atoms with Gasteiger partial charge in [-0.25, -0.2) is 0 Å². The number of aromatic amines is 1. The van der Waals surface area contributed by atoms with Crippen molar-refractivity contribution in [3.63, 3.8) is 0 Å². The lowest BCUT2D eigenvalue weighted by Gasteiger charge is -1.97. The fourth-order valence-corrected chi connectivity index (χ4v) is 2.51. The molecule has 0 aliphatic heterocycles. The number of halogens is 1. The number of nitrogens with zero attached hydrogens (tertiary/aromatic N) is 1. The molecule has 4 nitrogen and oxygen atoms in total. The molecule has 2 N–H and O–H groups in total. The minimum Gasteiger partial charge on any atom is -0.319 e. The van der Waals surface area contributed by atoms with Crippen LogP contribution >= 0.6 is 27.3 Å². The molecule has 78 valence electrons. The zero-order valence-electron chi connectivity index (χ0n) is 7.87. The third-order valence-electron chi connectivity index (χ3n) is 1.84. The molecular formula is C9H8BrN3OS. The summed E-state index contributed by atoms with van der Waals surface area (Å²) in [6.07, 6.45) is 3.20. The summed E-state index contributed by atoms with van der Waals surface area (Å²) in [6, 6.07) is 1.85. The second-order valence-electron chi connectivity index (χ2n) is 3.01. The van der Waals surface area contributed by atoms with Crippen molar-refractivity contribution in [2.45, 2.75) is 6.92 Å². The van der Waals surface area contributed by atoms with Gasteiger partial charge in [0.1, 0.15) is 0 Å². The molecule has 2 heterocycles. The van der Waals surface area contributed by atoms with Crippen LogP contribution in [0.15, 0.2) is 22.2 Å². The number of nitrogens with one attached hydrogen (secondary N) is 2.